The smallest absolute Gasteiger partial charge is 0.416 e. The van der Waals surface area contributed by atoms with Crippen molar-refractivity contribution in [3.05, 3.63) is 81.5 Å². The molecule has 0 saturated heterocycles. The number of methoxy groups -OCH3 is 1. The first-order chi connectivity index (χ1) is 16.2. The number of nitrogens with one attached hydrogen (secondary N) is 1. The first-order valence-corrected chi connectivity index (χ1v) is 11.3. The SMILES string of the molecule is COC(=O)C1=C(C)N(Cc2cccc(C(F)(F)F)c2)C(=NCC2CC2)NC1c1ccc(Cl)cc1. The maximum atomic E-state index is 13.3. The van der Waals surface area contributed by atoms with E-state index in [1.165, 1.54) is 13.2 Å². The average molecular weight is 492 g/mol. The van der Waals surface area contributed by atoms with Gasteiger partial charge in [-0.3, -0.25) is 4.99 Å². The summed E-state index contributed by atoms with van der Waals surface area (Å²) < 4.78 is 44.9. The molecule has 34 heavy (non-hydrogen) atoms. The number of esters is 1. The molecule has 0 aromatic heterocycles. The van der Waals surface area contributed by atoms with Crippen LogP contribution >= 0.6 is 11.6 Å². The topological polar surface area (TPSA) is 53.9 Å². The molecule has 1 fully saturated rings. The van der Waals surface area contributed by atoms with Crippen LogP contribution in [0, 0.1) is 5.92 Å². The van der Waals surface area contributed by atoms with Crippen molar-refractivity contribution in [1.29, 1.82) is 0 Å². The second-order valence-corrected chi connectivity index (χ2v) is 8.95. The normalized spacial score (nSPS) is 19.9. The third kappa shape index (κ3) is 5.38. The number of aliphatic imine (C=N–C) groups is 1. The van der Waals surface area contributed by atoms with Crippen molar-refractivity contribution in [1.82, 2.24) is 10.2 Å². The molecule has 1 saturated carbocycles. The van der Waals surface area contributed by atoms with E-state index in [9.17, 15) is 18.0 Å². The molecule has 1 aliphatic heterocycles. The number of alkyl halides is 3. The summed E-state index contributed by atoms with van der Waals surface area (Å²) in [6.45, 7) is 2.48. The zero-order valence-electron chi connectivity index (χ0n) is 18.8. The number of ether oxygens (including phenoxy) is 1. The molecule has 4 rings (SSSR count). The lowest BCUT2D eigenvalue weighted by molar-refractivity contribution is -0.138. The Bertz CT molecular complexity index is 1120. The first-order valence-electron chi connectivity index (χ1n) is 11.0. The predicted molar refractivity (Wildman–Crippen MR) is 124 cm³/mol. The van der Waals surface area contributed by atoms with E-state index in [-0.39, 0.29) is 6.54 Å². The molecule has 2 aliphatic rings. The van der Waals surface area contributed by atoms with E-state index < -0.39 is 23.8 Å². The molecule has 0 radical (unpaired) electrons. The van der Waals surface area contributed by atoms with Gasteiger partial charge in [-0.05, 0) is 61.1 Å². The van der Waals surface area contributed by atoms with Gasteiger partial charge in [-0.1, -0.05) is 35.9 Å². The number of halogens is 4. The lowest BCUT2D eigenvalue weighted by Crippen LogP contribution is -2.48. The summed E-state index contributed by atoms with van der Waals surface area (Å²) in [4.78, 5) is 19.3. The Hall–Kier alpha value is -3.00. The van der Waals surface area contributed by atoms with E-state index in [2.05, 4.69) is 5.32 Å². The van der Waals surface area contributed by atoms with Gasteiger partial charge >= 0.3 is 12.1 Å². The van der Waals surface area contributed by atoms with Gasteiger partial charge in [0.15, 0.2) is 5.96 Å². The number of allylic oxidation sites excluding steroid dienone is 1. The van der Waals surface area contributed by atoms with Crippen molar-refractivity contribution in [2.75, 3.05) is 13.7 Å². The maximum Gasteiger partial charge on any atom is 0.416 e. The second kappa shape index (κ2) is 9.70. The highest BCUT2D eigenvalue weighted by Crippen LogP contribution is 2.35. The van der Waals surface area contributed by atoms with E-state index in [1.54, 1.807) is 30.0 Å². The minimum atomic E-state index is -4.44. The third-order valence-electron chi connectivity index (χ3n) is 6.01. The molecule has 5 nitrogen and oxygen atoms in total. The van der Waals surface area contributed by atoms with Gasteiger partial charge in [0.2, 0.25) is 0 Å². The van der Waals surface area contributed by atoms with Crippen molar-refractivity contribution in [3.63, 3.8) is 0 Å². The Morgan fingerprint density at radius 3 is 2.53 bits per heavy atom. The van der Waals surface area contributed by atoms with Crippen LogP contribution in [-0.2, 0) is 22.3 Å². The molecule has 0 amide bonds. The first kappa shape index (κ1) is 24.1. The van der Waals surface area contributed by atoms with Crippen molar-refractivity contribution in [3.8, 4) is 0 Å². The quantitative estimate of drug-likeness (QED) is 0.525. The molecular weight excluding hydrogens is 467 g/mol. The highest BCUT2D eigenvalue weighted by atomic mass is 35.5. The fourth-order valence-electron chi connectivity index (χ4n) is 3.94. The Kier molecular flexibility index (Phi) is 6.89. The summed E-state index contributed by atoms with van der Waals surface area (Å²) >= 11 is 6.05. The molecule has 0 bridgehead atoms. The van der Waals surface area contributed by atoms with Crippen molar-refractivity contribution in [2.24, 2.45) is 10.9 Å². The average Bonchev–Trinajstić information content (AvgIpc) is 3.63. The van der Waals surface area contributed by atoms with Crippen LogP contribution < -0.4 is 5.32 Å². The minimum absolute atomic E-state index is 0.111. The van der Waals surface area contributed by atoms with Gasteiger partial charge in [0.05, 0.1) is 30.8 Å². The van der Waals surface area contributed by atoms with Crippen molar-refractivity contribution >= 4 is 23.5 Å². The fraction of sp³-hybridized carbons (Fsp3) is 0.360. The van der Waals surface area contributed by atoms with E-state index in [1.807, 2.05) is 12.1 Å². The highest BCUT2D eigenvalue weighted by molar-refractivity contribution is 6.30. The lowest BCUT2D eigenvalue weighted by atomic mass is 9.94. The van der Waals surface area contributed by atoms with Crippen LogP contribution in [0.25, 0.3) is 0 Å². The fourth-order valence-corrected chi connectivity index (χ4v) is 4.07. The van der Waals surface area contributed by atoms with Gasteiger partial charge in [-0.25, -0.2) is 4.79 Å². The van der Waals surface area contributed by atoms with E-state index in [4.69, 9.17) is 21.3 Å². The summed E-state index contributed by atoms with van der Waals surface area (Å²) in [5.74, 6) is 0.486. The summed E-state index contributed by atoms with van der Waals surface area (Å²) in [5, 5.41) is 3.90. The Labute approximate surface area is 201 Å². The monoisotopic (exact) mass is 491 g/mol. The van der Waals surface area contributed by atoms with E-state index in [0.29, 0.717) is 40.3 Å². The number of carbonyl (C=O) groups is 1. The molecule has 1 atom stereocenters. The molecule has 0 spiro atoms. The van der Waals surface area contributed by atoms with Crippen LogP contribution in [0.4, 0.5) is 13.2 Å². The summed E-state index contributed by atoms with van der Waals surface area (Å²) in [6, 6.07) is 11.7. The van der Waals surface area contributed by atoms with Crippen LogP contribution in [0.3, 0.4) is 0 Å². The predicted octanol–water partition coefficient (Wildman–Crippen LogP) is 5.72. The van der Waals surface area contributed by atoms with Crippen LogP contribution in [-0.4, -0.2) is 30.5 Å². The zero-order chi connectivity index (χ0) is 24.5. The van der Waals surface area contributed by atoms with Crippen LogP contribution in [0.5, 0.6) is 0 Å². The molecule has 1 unspecified atom stereocenters. The van der Waals surface area contributed by atoms with Gasteiger partial charge in [-0.15, -0.1) is 0 Å². The van der Waals surface area contributed by atoms with Crippen LogP contribution in [0.2, 0.25) is 5.02 Å². The minimum Gasteiger partial charge on any atom is -0.466 e. The van der Waals surface area contributed by atoms with Gasteiger partial charge in [0.1, 0.15) is 0 Å². The summed E-state index contributed by atoms with van der Waals surface area (Å²) in [6.07, 6.45) is -2.23. The number of guanidine groups is 1. The van der Waals surface area contributed by atoms with Crippen molar-refractivity contribution < 1.29 is 22.7 Å². The Balaban J connectivity index is 1.77. The molecule has 1 heterocycles. The summed E-state index contributed by atoms with van der Waals surface area (Å²) in [5.41, 5.74) is 1.45. The van der Waals surface area contributed by atoms with Gasteiger partial charge in [0, 0.05) is 17.3 Å². The number of rotatable bonds is 6. The van der Waals surface area contributed by atoms with E-state index in [0.717, 1.165) is 30.5 Å². The Morgan fingerprint density at radius 2 is 1.91 bits per heavy atom. The van der Waals surface area contributed by atoms with Crippen LogP contribution in [0.15, 0.2) is 64.8 Å². The molecule has 1 N–H and O–H groups in total. The second-order valence-electron chi connectivity index (χ2n) is 8.51. The number of carbonyl (C=O) groups excluding carboxylic acids is 1. The zero-order valence-corrected chi connectivity index (χ0v) is 19.6. The molecule has 1 aliphatic carbocycles. The number of benzene rings is 2. The molecular formula is C25H25ClF3N3O2. The van der Waals surface area contributed by atoms with E-state index >= 15 is 0 Å². The standard InChI is InChI=1S/C25H25ClF3N3O2/c1-15-21(23(33)34-2)22(18-8-10-20(26)11-9-18)31-24(30-13-16-6-7-16)32(15)14-17-4-3-5-19(12-17)25(27,28)29/h3-5,8-12,16,22H,6-7,13-14H2,1-2H3,(H,30,31). The number of hydrogen-bond acceptors (Lipinski definition) is 3. The van der Waals surface area contributed by atoms with Crippen LogP contribution in [0.1, 0.15) is 42.5 Å². The maximum absolute atomic E-state index is 13.3. The third-order valence-corrected chi connectivity index (χ3v) is 6.26. The number of hydrogen-bond donors (Lipinski definition) is 1. The highest BCUT2D eigenvalue weighted by Gasteiger charge is 2.36. The van der Waals surface area contributed by atoms with Gasteiger partial charge in [0.25, 0.3) is 0 Å². The molecule has 2 aromatic carbocycles. The Morgan fingerprint density at radius 1 is 1.21 bits per heavy atom. The van der Waals surface area contributed by atoms with Gasteiger partial charge < -0.3 is 15.0 Å². The largest absolute Gasteiger partial charge is 0.466 e. The van der Waals surface area contributed by atoms with Crippen molar-refractivity contribution in [2.45, 2.75) is 38.5 Å². The molecule has 9 heteroatoms. The summed E-state index contributed by atoms with van der Waals surface area (Å²) in [7, 11) is 1.30. The molecule has 2 aromatic rings. The number of nitrogens with zero attached hydrogens (tertiary/aromatic N) is 2. The molecule has 180 valence electrons. The lowest BCUT2D eigenvalue weighted by Gasteiger charge is -2.38. The van der Waals surface area contributed by atoms with Gasteiger partial charge in [-0.2, -0.15) is 13.2 Å².